The number of amides is 3. The van der Waals surface area contributed by atoms with Crippen LogP contribution in [0.3, 0.4) is 0 Å². The van der Waals surface area contributed by atoms with E-state index in [1.54, 1.807) is 11.8 Å². The number of aryl methyl sites for hydroxylation is 1. The smallest absolute Gasteiger partial charge is 0.317 e. The van der Waals surface area contributed by atoms with E-state index in [-0.39, 0.29) is 17.9 Å². The molecule has 1 aliphatic heterocycles. The van der Waals surface area contributed by atoms with E-state index in [0.717, 1.165) is 12.8 Å². The van der Waals surface area contributed by atoms with Crippen LogP contribution in [0.1, 0.15) is 51.2 Å². The molecule has 0 spiro atoms. The topological polar surface area (TPSA) is 100 Å². The summed E-state index contributed by atoms with van der Waals surface area (Å²) in [4.78, 5) is 30.3. The number of carbonyl (C=O) groups excluding carboxylic acids is 2. The summed E-state index contributed by atoms with van der Waals surface area (Å²) in [6.45, 7) is 9.48. The number of carbonyl (C=O) groups is 2. The number of likely N-dealkylation sites (tertiary alicyclic amines) is 1. The molecule has 8 heteroatoms. The number of nitrogens with one attached hydrogen (secondary N) is 2. The van der Waals surface area contributed by atoms with Crippen molar-refractivity contribution < 1.29 is 14.1 Å². The van der Waals surface area contributed by atoms with E-state index in [0.29, 0.717) is 37.9 Å². The normalized spacial score (nSPS) is 16.1. The van der Waals surface area contributed by atoms with Crippen LogP contribution >= 0.6 is 0 Å². The van der Waals surface area contributed by atoms with Crippen LogP contribution in [0.25, 0.3) is 0 Å². The first-order valence-electron chi connectivity index (χ1n) is 8.44. The molecule has 2 rings (SSSR count). The zero-order chi connectivity index (χ0) is 17.7. The average molecular weight is 337 g/mol. The second-order valence-corrected chi connectivity index (χ2v) is 6.84. The SMILES string of the molecule is CCNC(=O)C(C)(C)CNC(=O)N1CCC(c2nc(C)no2)CC1. The minimum Gasteiger partial charge on any atom is -0.356 e. The Labute approximate surface area is 142 Å². The van der Waals surface area contributed by atoms with Crippen LogP contribution in [0.4, 0.5) is 4.79 Å². The number of urea groups is 1. The Kier molecular flexibility index (Phi) is 5.80. The van der Waals surface area contributed by atoms with E-state index in [1.165, 1.54) is 0 Å². The molecule has 0 aliphatic carbocycles. The van der Waals surface area contributed by atoms with Crippen molar-refractivity contribution in [2.45, 2.75) is 46.5 Å². The number of nitrogens with zero attached hydrogens (tertiary/aromatic N) is 3. The third kappa shape index (κ3) is 4.46. The van der Waals surface area contributed by atoms with Gasteiger partial charge in [-0.3, -0.25) is 4.79 Å². The Hall–Kier alpha value is -2.12. The molecule has 134 valence electrons. The summed E-state index contributed by atoms with van der Waals surface area (Å²) in [5.41, 5.74) is -0.634. The molecule has 1 aromatic rings. The zero-order valence-electron chi connectivity index (χ0n) is 14.9. The summed E-state index contributed by atoms with van der Waals surface area (Å²) in [7, 11) is 0. The monoisotopic (exact) mass is 337 g/mol. The fourth-order valence-corrected chi connectivity index (χ4v) is 2.70. The quantitative estimate of drug-likeness (QED) is 0.846. The van der Waals surface area contributed by atoms with Crippen LogP contribution in [0.2, 0.25) is 0 Å². The van der Waals surface area contributed by atoms with Crippen LogP contribution in [0.15, 0.2) is 4.52 Å². The molecular weight excluding hydrogens is 310 g/mol. The maximum absolute atomic E-state index is 12.3. The third-order valence-corrected chi connectivity index (χ3v) is 4.31. The molecule has 1 fully saturated rings. The molecule has 1 saturated heterocycles. The standard InChI is InChI=1S/C16H27N5O3/c1-5-17-14(22)16(3,4)10-18-15(23)21-8-6-12(7-9-21)13-19-11(2)20-24-13/h12H,5-10H2,1-4H3,(H,17,22)(H,18,23). The fourth-order valence-electron chi connectivity index (χ4n) is 2.70. The number of hydrogen-bond acceptors (Lipinski definition) is 5. The summed E-state index contributed by atoms with van der Waals surface area (Å²) >= 11 is 0. The van der Waals surface area contributed by atoms with E-state index in [1.807, 2.05) is 20.8 Å². The van der Waals surface area contributed by atoms with Gasteiger partial charge in [-0.1, -0.05) is 5.16 Å². The van der Waals surface area contributed by atoms with Gasteiger partial charge in [0.05, 0.1) is 5.41 Å². The van der Waals surface area contributed by atoms with E-state index in [4.69, 9.17) is 4.52 Å². The molecule has 0 atom stereocenters. The van der Waals surface area contributed by atoms with Gasteiger partial charge in [0.2, 0.25) is 11.8 Å². The molecule has 1 aromatic heterocycles. The van der Waals surface area contributed by atoms with Crippen LogP contribution < -0.4 is 10.6 Å². The lowest BCUT2D eigenvalue weighted by Crippen LogP contribution is -2.49. The van der Waals surface area contributed by atoms with Gasteiger partial charge in [0.15, 0.2) is 5.82 Å². The molecule has 0 saturated carbocycles. The molecule has 1 aliphatic rings. The first-order chi connectivity index (χ1) is 11.3. The maximum Gasteiger partial charge on any atom is 0.317 e. The molecule has 2 N–H and O–H groups in total. The lowest BCUT2D eigenvalue weighted by molar-refractivity contribution is -0.128. The van der Waals surface area contributed by atoms with Gasteiger partial charge < -0.3 is 20.1 Å². The zero-order valence-corrected chi connectivity index (χ0v) is 14.9. The van der Waals surface area contributed by atoms with Crippen molar-refractivity contribution in [3.05, 3.63) is 11.7 Å². The van der Waals surface area contributed by atoms with E-state index in [2.05, 4.69) is 20.8 Å². The minimum atomic E-state index is -0.634. The average Bonchev–Trinajstić information content (AvgIpc) is 2.99. The second-order valence-electron chi connectivity index (χ2n) is 6.84. The van der Waals surface area contributed by atoms with Crippen molar-refractivity contribution in [3.8, 4) is 0 Å². The summed E-state index contributed by atoms with van der Waals surface area (Å²) in [6, 6.07) is -0.132. The van der Waals surface area contributed by atoms with E-state index in [9.17, 15) is 9.59 Å². The maximum atomic E-state index is 12.3. The van der Waals surface area contributed by atoms with Gasteiger partial charge in [-0.15, -0.1) is 0 Å². The van der Waals surface area contributed by atoms with Crippen molar-refractivity contribution in [2.24, 2.45) is 5.41 Å². The van der Waals surface area contributed by atoms with Gasteiger partial charge >= 0.3 is 6.03 Å². The highest BCUT2D eigenvalue weighted by Crippen LogP contribution is 2.26. The van der Waals surface area contributed by atoms with Gasteiger partial charge in [0.25, 0.3) is 0 Å². The molecule has 0 unspecified atom stereocenters. The van der Waals surface area contributed by atoms with E-state index >= 15 is 0 Å². The summed E-state index contributed by atoms with van der Waals surface area (Å²) in [5.74, 6) is 1.44. The summed E-state index contributed by atoms with van der Waals surface area (Å²) in [5, 5.41) is 9.47. The summed E-state index contributed by atoms with van der Waals surface area (Å²) < 4.78 is 5.22. The van der Waals surface area contributed by atoms with Crippen molar-refractivity contribution in [2.75, 3.05) is 26.2 Å². The van der Waals surface area contributed by atoms with Crippen molar-refractivity contribution in [1.29, 1.82) is 0 Å². The number of rotatable bonds is 5. The summed E-state index contributed by atoms with van der Waals surface area (Å²) in [6.07, 6.45) is 1.60. The Morgan fingerprint density at radius 3 is 2.50 bits per heavy atom. The molecule has 2 heterocycles. The van der Waals surface area contributed by atoms with Gasteiger partial charge in [0, 0.05) is 32.1 Å². The van der Waals surface area contributed by atoms with Crippen molar-refractivity contribution in [3.63, 3.8) is 0 Å². The van der Waals surface area contributed by atoms with Crippen molar-refractivity contribution >= 4 is 11.9 Å². The fraction of sp³-hybridized carbons (Fsp3) is 0.750. The van der Waals surface area contributed by atoms with Crippen LogP contribution in [-0.4, -0.2) is 53.2 Å². The molecule has 0 radical (unpaired) electrons. The predicted octanol–water partition coefficient (Wildman–Crippen LogP) is 1.43. The first-order valence-corrected chi connectivity index (χ1v) is 8.44. The Bertz CT molecular complexity index is 576. The molecule has 0 bridgehead atoms. The second kappa shape index (κ2) is 7.63. The lowest BCUT2D eigenvalue weighted by atomic mass is 9.92. The number of aromatic nitrogens is 2. The lowest BCUT2D eigenvalue weighted by Gasteiger charge is -2.32. The minimum absolute atomic E-state index is 0.0595. The van der Waals surface area contributed by atoms with Crippen LogP contribution in [0, 0.1) is 12.3 Å². The van der Waals surface area contributed by atoms with Gasteiger partial charge in [-0.25, -0.2) is 4.79 Å². The number of piperidine rings is 1. The highest BCUT2D eigenvalue weighted by atomic mass is 16.5. The third-order valence-electron chi connectivity index (χ3n) is 4.31. The van der Waals surface area contributed by atoms with Gasteiger partial charge in [-0.05, 0) is 40.5 Å². The Morgan fingerprint density at radius 2 is 1.96 bits per heavy atom. The molecule has 3 amide bonds. The predicted molar refractivity (Wildman–Crippen MR) is 88.4 cm³/mol. The highest BCUT2D eigenvalue weighted by Gasteiger charge is 2.30. The largest absolute Gasteiger partial charge is 0.356 e. The molecule has 8 nitrogen and oxygen atoms in total. The number of hydrogen-bond donors (Lipinski definition) is 2. The molecule has 24 heavy (non-hydrogen) atoms. The van der Waals surface area contributed by atoms with E-state index < -0.39 is 5.41 Å². The van der Waals surface area contributed by atoms with Crippen molar-refractivity contribution in [1.82, 2.24) is 25.7 Å². The molecule has 0 aromatic carbocycles. The Morgan fingerprint density at radius 1 is 1.29 bits per heavy atom. The first kappa shape index (κ1) is 18.2. The van der Waals surface area contributed by atoms with Gasteiger partial charge in [-0.2, -0.15) is 4.98 Å². The van der Waals surface area contributed by atoms with Crippen LogP contribution in [0.5, 0.6) is 0 Å². The molecular formula is C16H27N5O3. The van der Waals surface area contributed by atoms with Crippen LogP contribution in [-0.2, 0) is 4.79 Å². The van der Waals surface area contributed by atoms with Gasteiger partial charge in [0.1, 0.15) is 0 Å². The Balaban J connectivity index is 1.79. The highest BCUT2D eigenvalue weighted by molar-refractivity contribution is 5.83.